The zero-order valence-corrected chi connectivity index (χ0v) is 22.3. The average Bonchev–Trinajstić information content (AvgIpc) is 3.02. The zero-order chi connectivity index (χ0) is 27.8. The summed E-state index contributed by atoms with van der Waals surface area (Å²) in [6.45, 7) is 0.773. The van der Waals surface area contributed by atoms with Gasteiger partial charge in [-0.05, 0) is 22.3 Å². The highest BCUT2D eigenvalue weighted by molar-refractivity contribution is 5.60. The van der Waals surface area contributed by atoms with Gasteiger partial charge in [0.15, 0.2) is 12.6 Å². The smallest absolute Gasteiger partial charge is 0.151 e. The lowest BCUT2D eigenvalue weighted by Crippen LogP contribution is -2.50. The van der Waals surface area contributed by atoms with Crippen molar-refractivity contribution in [1.82, 2.24) is 0 Å². The highest BCUT2D eigenvalue weighted by Gasteiger charge is 2.38. The van der Waals surface area contributed by atoms with Gasteiger partial charge in [-0.3, -0.25) is 0 Å². The van der Waals surface area contributed by atoms with Gasteiger partial charge in [-0.1, -0.05) is 121 Å². The number of ether oxygens (including phenoxy) is 4. The first-order valence-electron chi connectivity index (χ1n) is 13.3. The quantitative estimate of drug-likeness (QED) is 0.160. The van der Waals surface area contributed by atoms with Gasteiger partial charge < -0.3 is 28.5 Å². The summed E-state index contributed by atoms with van der Waals surface area (Å²) in [4.78, 5) is 24.9. The molecule has 0 aliphatic heterocycles. The van der Waals surface area contributed by atoms with Crippen LogP contribution in [-0.2, 0) is 55.0 Å². The Balaban J connectivity index is 1.60. The van der Waals surface area contributed by atoms with Gasteiger partial charge in [0.05, 0.1) is 26.4 Å². The first-order valence-corrected chi connectivity index (χ1v) is 13.3. The minimum absolute atomic E-state index is 0.192. The molecule has 0 N–H and O–H groups in total. The molecule has 0 aliphatic rings. The van der Waals surface area contributed by atoms with Crippen LogP contribution in [0.15, 0.2) is 121 Å². The van der Waals surface area contributed by atoms with Crippen LogP contribution < -0.4 is 0 Å². The van der Waals surface area contributed by atoms with Crippen molar-refractivity contribution in [3.8, 4) is 0 Å². The Morgan fingerprint density at radius 3 is 0.900 bits per heavy atom. The lowest BCUT2D eigenvalue weighted by atomic mass is 10.0. The Morgan fingerprint density at radius 2 is 0.650 bits per heavy atom. The third-order valence-corrected chi connectivity index (χ3v) is 6.38. The summed E-state index contributed by atoms with van der Waals surface area (Å²) in [7, 11) is 0. The van der Waals surface area contributed by atoms with Crippen LogP contribution in [0.4, 0.5) is 0 Å². The van der Waals surface area contributed by atoms with Crippen LogP contribution in [0.25, 0.3) is 0 Å². The molecule has 0 amide bonds. The van der Waals surface area contributed by atoms with E-state index in [1.54, 1.807) is 0 Å². The second-order valence-electron chi connectivity index (χ2n) is 9.32. The monoisotopic (exact) mass is 538 g/mol. The standard InChI is InChI=1S/C34H34O6/c35-21-31(37-23-27-13-5-1-6-14-27)33(39-25-29-17-9-3-10-18-29)34(40-26-30-19-11-4-12-20-30)32(22-36)38-24-28-15-7-2-8-16-28/h1-22,31-34H,23-26H2/t31-,32-,33+,34+/m0/s1. The van der Waals surface area contributed by atoms with Gasteiger partial charge in [-0.25, -0.2) is 0 Å². The first-order chi connectivity index (χ1) is 19.8. The van der Waals surface area contributed by atoms with Crippen LogP contribution in [0.2, 0.25) is 0 Å². The van der Waals surface area contributed by atoms with Gasteiger partial charge in [0.1, 0.15) is 24.4 Å². The zero-order valence-electron chi connectivity index (χ0n) is 22.3. The molecule has 0 bridgehead atoms. The van der Waals surface area contributed by atoms with E-state index < -0.39 is 24.4 Å². The molecule has 4 atom stereocenters. The summed E-state index contributed by atoms with van der Waals surface area (Å²) in [5.41, 5.74) is 3.64. The van der Waals surface area contributed by atoms with Gasteiger partial charge in [-0.15, -0.1) is 0 Å². The number of carbonyl (C=O) groups excluding carboxylic acids is 2. The maximum absolute atomic E-state index is 12.5. The van der Waals surface area contributed by atoms with E-state index in [4.69, 9.17) is 18.9 Å². The first kappa shape index (κ1) is 29.1. The van der Waals surface area contributed by atoms with Crippen LogP contribution in [0, 0.1) is 0 Å². The molecular formula is C34H34O6. The summed E-state index contributed by atoms with van der Waals surface area (Å²) in [5, 5.41) is 0. The molecule has 40 heavy (non-hydrogen) atoms. The molecule has 0 radical (unpaired) electrons. The minimum atomic E-state index is -1.02. The Hall–Kier alpha value is -3.94. The fraction of sp³-hybridized carbons (Fsp3) is 0.235. The highest BCUT2D eigenvalue weighted by atomic mass is 16.6. The lowest BCUT2D eigenvalue weighted by Gasteiger charge is -2.34. The van der Waals surface area contributed by atoms with Crippen LogP contribution in [0.1, 0.15) is 22.3 Å². The normalized spacial score (nSPS) is 14.1. The highest BCUT2D eigenvalue weighted by Crippen LogP contribution is 2.22. The predicted octanol–water partition coefficient (Wildman–Crippen LogP) is 5.73. The summed E-state index contributed by atoms with van der Waals surface area (Å²) in [6.07, 6.45) is -2.50. The number of hydrogen-bond acceptors (Lipinski definition) is 6. The predicted molar refractivity (Wildman–Crippen MR) is 152 cm³/mol. The molecule has 6 heteroatoms. The number of hydrogen-bond donors (Lipinski definition) is 0. The Labute approximate surface area is 235 Å². The fourth-order valence-corrected chi connectivity index (χ4v) is 4.24. The molecule has 4 aromatic rings. The summed E-state index contributed by atoms with van der Waals surface area (Å²) >= 11 is 0. The molecule has 4 aromatic carbocycles. The summed E-state index contributed by atoms with van der Waals surface area (Å²) in [6, 6.07) is 38.4. The third-order valence-electron chi connectivity index (χ3n) is 6.38. The van der Waals surface area contributed by atoms with Crippen LogP contribution >= 0.6 is 0 Å². The maximum Gasteiger partial charge on any atom is 0.151 e. The lowest BCUT2D eigenvalue weighted by molar-refractivity contribution is -0.187. The molecule has 0 saturated heterocycles. The van der Waals surface area contributed by atoms with Crippen LogP contribution in [-0.4, -0.2) is 37.0 Å². The molecule has 0 aromatic heterocycles. The largest absolute Gasteiger partial charge is 0.368 e. The van der Waals surface area contributed by atoms with Crippen LogP contribution in [0.3, 0.4) is 0 Å². The van der Waals surface area contributed by atoms with Crippen molar-refractivity contribution >= 4 is 12.6 Å². The van der Waals surface area contributed by atoms with Crippen molar-refractivity contribution in [3.63, 3.8) is 0 Å². The number of aldehydes is 2. The van der Waals surface area contributed by atoms with Gasteiger partial charge in [-0.2, -0.15) is 0 Å². The minimum Gasteiger partial charge on any atom is -0.368 e. The van der Waals surface area contributed by atoms with Crippen molar-refractivity contribution in [1.29, 1.82) is 0 Å². The Bertz CT molecular complexity index is 1150. The molecule has 6 nitrogen and oxygen atoms in total. The van der Waals surface area contributed by atoms with E-state index in [2.05, 4.69) is 0 Å². The van der Waals surface area contributed by atoms with E-state index in [-0.39, 0.29) is 26.4 Å². The topological polar surface area (TPSA) is 71.1 Å². The number of benzene rings is 4. The summed E-state index contributed by atoms with van der Waals surface area (Å²) < 4.78 is 24.8. The Morgan fingerprint density at radius 1 is 0.400 bits per heavy atom. The van der Waals surface area contributed by atoms with Crippen LogP contribution in [0.5, 0.6) is 0 Å². The summed E-state index contributed by atoms with van der Waals surface area (Å²) in [5.74, 6) is 0. The van der Waals surface area contributed by atoms with E-state index in [1.165, 1.54) is 0 Å². The molecule has 206 valence electrons. The number of rotatable bonds is 17. The van der Waals surface area contributed by atoms with Gasteiger partial charge in [0.2, 0.25) is 0 Å². The molecule has 0 spiro atoms. The van der Waals surface area contributed by atoms with Gasteiger partial charge >= 0.3 is 0 Å². The van der Waals surface area contributed by atoms with Crippen molar-refractivity contribution in [3.05, 3.63) is 144 Å². The van der Waals surface area contributed by atoms with Crippen molar-refractivity contribution < 1.29 is 28.5 Å². The second-order valence-corrected chi connectivity index (χ2v) is 9.32. The van der Waals surface area contributed by atoms with Crippen molar-refractivity contribution in [2.45, 2.75) is 50.8 Å². The fourth-order valence-electron chi connectivity index (χ4n) is 4.24. The molecule has 0 fully saturated rings. The SMILES string of the molecule is O=C[C@H](OCc1ccccc1)[C@@H](OCc1ccccc1)[C@H](OCc1ccccc1)[C@H](C=O)OCc1ccccc1. The van der Waals surface area contributed by atoms with E-state index in [1.807, 2.05) is 121 Å². The van der Waals surface area contributed by atoms with E-state index in [0.717, 1.165) is 22.3 Å². The molecular weight excluding hydrogens is 504 g/mol. The van der Waals surface area contributed by atoms with Crippen molar-refractivity contribution in [2.24, 2.45) is 0 Å². The van der Waals surface area contributed by atoms with E-state index in [0.29, 0.717) is 12.6 Å². The van der Waals surface area contributed by atoms with Gasteiger partial charge in [0, 0.05) is 0 Å². The van der Waals surface area contributed by atoms with Gasteiger partial charge in [0.25, 0.3) is 0 Å². The molecule has 4 rings (SSSR count). The maximum atomic E-state index is 12.5. The second kappa shape index (κ2) is 16.2. The molecule has 0 aliphatic carbocycles. The third kappa shape index (κ3) is 9.07. The van der Waals surface area contributed by atoms with E-state index >= 15 is 0 Å². The molecule has 0 saturated carbocycles. The molecule has 0 heterocycles. The number of carbonyl (C=O) groups is 2. The van der Waals surface area contributed by atoms with E-state index in [9.17, 15) is 9.59 Å². The van der Waals surface area contributed by atoms with Crippen molar-refractivity contribution in [2.75, 3.05) is 0 Å². The Kier molecular flexibility index (Phi) is 11.8. The average molecular weight is 539 g/mol. The molecule has 0 unspecified atom stereocenters.